The smallest absolute Gasteiger partial charge is 0.251 e. The first-order valence-corrected chi connectivity index (χ1v) is 9.36. The number of hydrogen-bond acceptors (Lipinski definition) is 5. The second-order valence-corrected chi connectivity index (χ2v) is 7.66. The summed E-state index contributed by atoms with van der Waals surface area (Å²) in [4.78, 5) is 23.9. The van der Waals surface area contributed by atoms with Crippen LogP contribution in [0.5, 0.6) is 0 Å². The van der Waals surface area contributed by atoms with Gasteiger partial charge in [-0.2, -0.15) is 4.31 Å². The summed E-state index contributed by atoms with van der Waals surface area (Å²) in [7, 11) is -3.70. The van der Waals surface area contributed by atoms with E-state index < -0.39 is 15.6 Å². The molecule has 1 unspecified atom stereocenters. The second-order valence-electron chi connectivity index (χ2n) is 5.72. The summed E-state index contributed by atoms with van der Waals surface area (Å²) in [6, 6.07) is 2.44. The van der Waals surface area contributed by atoms with Gasteiger partial charge in [-0.1, -0.05) is 6.92 Å². The SMILES string of the molecule is CCC(C)NC(=O)Cn1cc(S(=O)(=O)N2CCOCC2)ccc1=O. The number of morpholine rings is 1. The lowest BCUT2D eigenvalue weighted by Gasteiger charge is -2.26. The van der Waals surface area contributed by atoms with Gasteiger partial charge in [0.2, 0.25) is 15.9 Å². The largest absolute Gasteiger partial charge is 0.379 e. The molecule has 1 saturated heterocycles. The molecule has 0 saturated carbocycles. The number of amides is 1. The fourth-order valence-electron chi connectivity index (χ4n) is 2.30. The van der Waals surface area contributed by atoms with Crippen LogP contribution in [0.4, 0.5) is 0 Å². The van der Waals surface area contributed by atoms with E-state index >= 15 is 0 Å². The van der Waals surface area contributed by atoms with Crippen LogP contribution in [0.3, 0.4) is 0 Å². The average Bonchev–Trinajstić information content (AvgIpc) is 2.57. The number of pyridine rings is 1. The van der Waals surface area contributed by atoms with Gasteiger partial charge in [0.1, 0.15) is 6.54 Å². The Morgan fingerprint density at radius 2 is 2.00 bits per heavy atom. The number of carbonyl (C=O) groups is 1. The molecule has 1 atom stereocenters. The second kappa shape index (κ2) is 7.91. The monoisotopic (exact) mass is 357 g/mol. The topological polar surface area (TPSA) is 97.7 Å². The minimum Gasteiger partial charge on any atom is -0.379 e. The Morgan fingerprint density at radius 1 is 1.33 bits per heavy atom. The molecule has 2 rings (SSSR count). The van der Waals surface area contributed by atoms with E-state index in [0.29, 0.717) is 13.2 Å². The van der Waals surface area contributed by atoms with Crippen LogP contribution in [0.15, 0.2) is 28.0 Å². The van der Waals surface area contributed by atoms with Crippen LogP contribution in [-0.2, 0) is 26.1 Å². The number of aromatic nitrogens is 1. The molecule has 24 heavy (non-hydrogen) atoms. The molecule has 1 aromatic heterocycles. The maximum absolute atomic E-state index is 12.6. The summed E-state index contributed by atoms with van der Waals surface area (Å²) in [6.07, 6.45) is 2.00. The molecular weight excluding hydrogens is 334 g/mol. The molecule has 134 valence electrons. The Labute approximate surface area is 141 Å². The quantitative estimate of drug-likeness (QED) is 0.759. The van der Waals surface area contributed by atoms with Crippen LogP contribution < -0.4 is 10.9 Å². The van der Waals surface area contributed by atoms with Gasteiger partial charge in [0.25, 0.3) is 5.56 Å². The van der Waals surface area contributed by atoms with Crippen molar-refractivity contribution in [3.63, 3.8) is 0 Å². The lowest BCUT2D eigenvalue weighted by atomic mass is 10.2. The van der Waals surface area contributed by atoms with Crippen molar-refractivity contribution >= 4 is 15.9 Å². The van der Waals surface area contributed by atoms with Gasteiger partial charge in [-0.25, -0.2) is 8.42 Å². The van der Waals surface area contributed by atoms with Gasteiger partial charge in [0.05, 0.1) is 18.1 Å². The predicted octanol–water partition coefficient (Wildman–Crippen LogP) is -0.216. The standard InChI is InChI=1S/C15H23N3O5S/c1-3-12(2)16-14(19)11-17-10-13(4-5-15(17)20)24(21,22)18-6-8-23-9-7-18/h4-5,10,12H,3,6-9,11H2,1-2H3,(H,16,19). The summed E-state index contributed by atoms with van der Waals surface area (Å²) in [5.74, 6) is -0.327. The molecule has 0 spiro atoms. The van der Waals surface area contributed by atoms with Gasteiger partial charge in [-0.15, -0.1) is 0 Å². The number of nitrogens with one attached hydrogen (secondary N) is 1. The number of rotatable bonds is 6. The summed E-state index contributed by atoms with van der Waals surface area (Å²) in [5, 5.41) is 2.75. The minimum atomic E-state index is -3.70. The summed E-state index contributed by atoms with van der Waals surface area (Å²) in [6.45, 7) is 4.82. The van der Waals surface area contributed by atoms with Gasteiger partial charge in [0, 0.05) is 31.4 Å². The molecule has 1 aliphatic rings. The Kier molecular flexibility index (Phi) is 6.14. The van der Waals surface area contributed by atoms with Crippen molar-refractivity contribution in [1.82, 2.24) is 14.2 Å². The van der Waals surface area contributed by atoms with Crippen molar-refractivity contribution in [1.29, 1.82) is 0 Å². The van der Waals surface area contributed by atoms with Crippen LogP contribution in [0.25, 0.3) is 0 Å². The number of hydrogen-bond donors (Lipinski definition) is 1. The Balaban J connectivity index is 2.21. The average molecular weight is 357 g/mol. The normalized spacial score (nSPS) is 17.4. The van der Waals surface area contributed by atoms with Crippen molar-refractivity contribution in [2.45, 2.75) is 37.8 Å². The van der Waals surface area contributed by atoms with Crippen LogP contribution in [0.2, 0.25) is 0 Å². The molecule has 1 amide bonds. The number of ether oxygens (including phenoxy) is 1. The molecule has 8 nitrogen and oxygen atoms in total. The zero-order chi connectivity index (χ0) is 17.7. The van der Waals surface area contributed by atoms with E-state index in [-0.39, 0.29) is 36.5 Å². The predicted molar refractivity (Wildman–Crippen MR) is 88.2 cm³/mol. The lowest BCUT2D eigenvalue weighted by Crippen LogP contribution is -2.41. The summed E-state index contributed by atoms with van der Waals surface area (Å²) in [5.41, 5.74) is -0.421. The fraction of sp³-hybridized carbons (Fsp3) is 0.600. The molecular formula is C15H23N3O5S. The molecule has 1 fully saturated rings. The Morgan fingerprint density at radius 3 is 2.62 bits per heavy atom. The first kappa shape index (κ1) is 18.6. The van der Waals surface area contributed by atoms with Gasteiger partial charge in [0.15, 0.2) is 0 Å². The van der Waals surface area contributed by atoms with Crippen LogP contribution in [0, 0.1) is 0 Å². The minimum absolute atomic E-state index is 0.000315. The van der Waals surface area contributed by atoms with E-state index in [0.717, 1.165) is 11.0 Å². The maximum atomic E-state index is 12.6. The van der Waals surface area contributed by atoms with Crippen molar-refractivity contribution < 1.29 is 17.9 Å². The third-order valence-electron chi connectivity index (χ3n) is 3.90. The zero-order valence-electron chi connectivity index (χ0n) is 13.9. The molecule has 2 heterocycles. The van der Waals surface area contributed by atoms with E-state index in [2.05, 4.69) is 5.32 Å². The number of carbonyl (C=O) groups excluding carboxylic acids is 1. The third kappa shape index (κ3) is 4.43. The van der Waals surface area contributed by atoms with Gasteiger partial charge in [-0.05, 0) is 19.4 Å². The van der Waals surface area contributed by atoms with Crippen molar-refractivity contribution in [2.75, 3.05) is 26.3 Å². The molecule has 1 aliphatic heterocycles. The van der Waals surface area contributed by atoms with Gasteiger partial charge < -0.3 is 14.6 Å². The molecule has 1 N–H and O–H groups in total. The lowest BCUT2D eigenvalue weighted by molar-refractivity contribution is -0.122. The highest BCUT2D eigenvalue weighted by molar-refractivity contribution is 7.89. The molecule has 9 heteroatoms. The maximum Gasteiger partial charge on any atom is 0.251 e. The van der Waals surface area contributed by atoms with Crippen LogP contribution >= 0.6 is 0 Å². The highest BCUT2D eigenvalue weighted by Gasteiger charge is 2.27. The first-order valence-electron chi connectivity index (χ1n) is 7.92. The molecule has 0 radical (unpaired) electrons. The molecule has 0 aliphatic carbocycles. The van der Waals surface area contributed by atoms with E-state index in [1.165, 1.54) is 22.6 Å². The molecule has 1 aromatic rings. The van der Waals surface area contributed by atoms with E-state index in [4.69, 9.17) is 4.74 Å². The Bertz CT molecular complexity index is 738. The van der Waals surface area contributed by atoms with Crippen molar-refractivity contribution in [2.24, 2.45) is 0 Å². The van der Waals surface area contributed by atoms with Crippen molar-refractivity contribution in [3.8, 4) is 0 Å². The zero-order valence-corrected chi connectivity index (χ0v) is 14.7. The third-order valence-corrected chi connectivity index (χ3v) is 5.78. The Hall–Kier alpha value is -1.71. The highest BCUT2D eigenvalue weighted by Crippen LogP contribution is 2.15. The highest BCUT2D eigenvalue weighted by atomic mass is 32.2. The fourth-order valence-corrected chi connectivity index (χ4v) is 3.73. The number of sulfonamides is 1. The van der Waals surface area contributed by atoms with Gasteiger partial charge in [-0.3, -0.25) is 9.59 Å². The molecule has 0 aromatic carbocycles. The van der Waals surface area contributed by atoms with E-state index in [1.54, 1.807) is 0 Å². The van der Waals surface area contributed by atoms with Crippen LogP contribution in [0.1, 0.15) is 20.3 Å². The first-order chi connectivity index (χ1) is 11.3. The van der Waals surface area contributed by atoms with Crippen molar-refractivity contribution in [3.05, 3.63) is 28.7 Å². The van der Waals surface area contributed by atoms with Gasteiger partial charge >= 0.3 is 0 Å². The van der Waals surface area contributed by atoms with E-state index in [1.807, 2.05) is 13.8 Å². The summed E-state index contributed by atoms with van der Waals surface area (Å²) < 4.78 is 32.8. The summed E-state index contributed by atoms with van der Waals surface area (Å²) >= 11 is 0. The number of nitrogens with zero attached hydrogens (tertiary/aromatic N) is 2. The molecule has 0 bridgehead atoms. The van der Waals surface area contributed by atoms with E-state index in [9.17, 15) is 18.0 Å². The van der Waals surface area contributed by atoms with Crippen LogP contribution in [-0.4, -0.2) is 55.5 Å².